The minimum absolute atomic E-state index is 0.326. The fourth-order valence-electron chi connectivity index (χ4n) is 1.50. The van der Waals surface area contributed by atoms with E-state index in [4.69, 9.17) is 0 Å². The van der Waals surface area contributed by atoms with Crippen molar-refractivity contribution in [2.75, 3.05) is 0 Å². The summed E-state index contributed by atoms with van der Waals surface area (Å²) in [6.07, 6.45) is 1.05. The zero-order valence-corrected chi connectivity index (χ0v) is 8.51. The third kappa shape index (κ3) is 1.59. The molecule has 0 radical (unpaired) electrons. The van der Waals surface area contributed by atoms with Crippen molar-refractivity contribution in [1.82, 2.24) is 4.98 Å². The van der Waals surface area contributed by atoms with Crippen LogP contribution in [-0.2, 0) is 0 Å². The van der Waals surface area contributed by atoms with Gasteiger partial charge in [0.15, 0.2) is 0 Å². The van der Waals surface area contributed by atoms with E-state index in [0.717, 1.165) is 6.42 Å². The molecule has 1 atom stereocenters. The third-order valence-electron chi connectivity index (χ3n) is 2.30. The Labute approximate surface area is 83.6 Å². The van der Waals surface area contributed by atoms with Gasteiger partial charge in [-0.05, 0) is 23.9 Å². The largest absolute Gasteiger partial charge is 0.357 e. The molecule has 0 fully saturated rings. The van der Waals surface area contributed by atoms with Gasteiger partial charge in [-0.3, -0.25) is 0 Å². The molecule has 13 heavy (non-hydrogen) atoms. The number of hydrogen-bond acceptors (Lipinski definition) is 1. The van der Waals surface area contributed by atoms with Crippen LogP contribution in [0.2, 0.25) is 0 Å². The van der Waals surface area contributed by atoms with Crippen molar-refractivity contribution >= 4 is 23.5 Å². The lowest BCUT2D eigenvalue weighted by Gasteiger charge is -2.02. The van der Waals surface area contributed by atoms with Crippen LogP contribution in [0.4, 0.5) is 0 Å². The Bertz CT molecular complexity index is 372. The number of rotatable bonds is 2. The van der Waals surface area contributed by atoms with E-state index in [1.807, 2.05) is 6.07 Å². The van der Waals surface area contributed by atoms with Gasteiger partial charge < -0.3 is 4.98 Å². The zero-order chi connectivity index (χ0) is 9.26. The Hall–Kier alpha value is -0.890. The molecule has 0 aliphatic heterocycles. The molecule has 1 N–H and O–H groups in total. The molecule has 0 spiro atoms. The van der Waals surface area contributed by atoms with E-state index in [-0.39, 0.29) is 0 Å². The van der Waals surface area contributed by atoms with Crippen molar-refractivity contribution in [2.45, 2.75) is 18.6 Å². The van der Waals surface area contributed by atoms with Gasteiger partial charge in [-0.2, -0.15) is 12.6 Å². The molecule has 2 aromatic rings. The maximum absolute atomic E-state index is 4.50. The molecular weight excluding hydrogens is 178 g/mol. The number of aromatic nitrogens is 1. The fraction of sp³-hybridized carbons (Fsp3) is 0.273. The zero-order valence-electron chi connectivity index (χ0n) is 7.62. The second kappa shape index (κ2) is 3.46. The smallest absolute Gasteiger partial charge is 0.0456 e. The van der Waals surface area contributed by atoms with Crippen LogP contribution in [0.25, 0.3) is 10.9 Å². The van der Waals surface area contributed by atoms with E-state index in [9.17, 15) is 0 Å². The van der Waals surface area contributed by atoms with Gasteiger partial charge in [0.25, 0.3) is 0 Å². The summed E-state index contributed by atoms with van der Waals surface area (Å²) < 4.78 is 0. The van der Waals surface area contributed by atoms with E-state index in [2.05, 4.69) is 48.8 Å². The number of para-hydroxylation sites is 1. The first-order valence-electron chi connectivity index (χ1n) is 4.57. The van der Waals surface area contributed by atoms with Crippen LogP contribution in [0, 0.1) is 0 Å². The molecule has 0 amide bonds. The average molecular weight is 191 g/mol. The summed E-state index contributed by atoms with van der Waals surface area (Å²) >= 11 is 4.50. The van der Waals surface area contributed by atoms with E-state index in [1.165, 1.54) is 16.6 Å². The highest BCUT2D eigenvalue weighted by atomic mass is 32.1. The summed E-state index contributed by atoms with van der Waals surface area (Å²) in [5.74, 6) is 0. The maximum atomic E-state index is 4.50. The Morgan fingerprint density at radius 2 is 2.15 bits per heavy atom. The van der Waals surface area contributed by atoms with E-state index in [0.29, 0.717) is 5.25 Å². The van der Waals surface area contributed by atoms with Gasteiger partial charge in [0.2, 0.25) is 0 Å². The molecule has 0 aliphatic rings. The number of fused-ring (bicyclic) bond motifs is 1. The van der Waals surface area contributed by atoms with Crippen molar-refractivity contribution in [3.8, 4) is 0 Å². The topological polar surface area (TPSA) is 15.8 Å². The van der Waals surface area contributed by atoms with Gasteiger partial charge in [-0.25, -0.2) is 0 Å². The van der Waals surface area contributed by atoms with Crippen LogP contribution in [0.15, 0.2) is 30.3 Å². The number of aromatic amines is 1. The summed E-state index contributed by atoms with van der Waals surface area (Å²) in [5, 5.41) is 1.59. The Morgan fingerprint density at radius 1 is 1.38 bits per heavy atom. The van der Waals surface area contributed by atoms with Gasteiger partial charge in [0.05, 0.1) is 0 Å². The molecule has 2 heteroatoms. The molecule has 0 saturated carbocycles. The number of hydrogen-bond donors (Lipinski definition) is 2. The standard InChI is InChI=1S/C11H13NS/c1-2-11(13)10-7-8-5-3-4-6-9(8)12-10/h3-7,11-13H,2H2,1H3. The first-order valence-corrected chi connectivity index (χ1v) is 5.08. The Balaban J connectivity index is 2.49. The molecular formula is C11H13NS. The van der Waals surface area contributed by atoms with Crippen LogP contribution in [0.1, 0.15) is 24.3 Å². The van der Waals surface area contributed by atoms with Gasteiger partial charge in [-0.1, -0.05) is 25.1 Å². The van der Waals surface area contributed by atoms with Gasteiger partial charge >= 0.3 is 0 Å². The second-order valence-corrected chi connectivity index (χ2v) is 3.86. The molecule has 0 saturated heterocycles. The lowest BCUT2D eigenvalue weighted by atomic mass is 10.2. The van der Waals surface area contributed by atoms with Crippen LogP contribution in [-0.4, -0.2) is 4.98 Å². The lowest BCUT2D eigenvalue weighted by molar-refractivity contribution is 0.877. The highest BCUT2D eigenvalue weighted by molar-refractivity contribution is 7.80. The minimum atomic E-state index is 0.326. The Morgan fingerprint density at radius 3 is 2.85 bits per heavy atom. The van der Waals surface area contributed by atoms with Crippen LogP contribution in [0.5, 0.6) is 0 Å². The maximum Gasteiger partial charge on any atom is 0.0456 e. The number of H-pyrrole nitrogens is 1. The molecule has 1 heterocycles. The first kappa shape index (κ1) is 8.70. The quantitative estimate of drug-likeness (QED) is 0.675. The SMILES string of the molecule is CCC(S)c1cc2ccccc2[nH]1. The summed E-state index contributed by atoms with van der Waals surface area (Å²) in [5.41, 5.74) is 2.41. The number of nitrogens with one attached hydrogen (secondary N) is 1. The van der Waals surface area contributed by atoms with Crippen molar-refractivity contribution < 1.29 is 0 Å². The van der Waals surface area contributed by atoms with E-state index >= 15 is 0 Å². The van der Waals surface area contributed by atoms with Crippen molar-refractivity contribution in [2.24, 2.45) is 0 Å². The molecule has 1 aromatic carbocycles. The summed E-state index contributed by atoms with van der Waals surface area (Å²) in [4.78, 5) is 3.37. The van der Waals surface area contributed by atoms with Gasteiger partial charge in [-0.15, -0.1) is 0 Å². The lowest BCUT2D eigenvalue weighted by Crippen LogP contribution is -1.86. The highest BCUT2D eigenvalue weighted by Gasteiger charge is 2.06. The Kier molecular flexibility index (Phi) is 2.32. The normalized spacial score (nSPS) is 13.4. The number of benzene rings is 1. The van der Waals surface area contributed by atoms with Gasteiger partial charge in [0.1, 0.15) is 0 Å². The van der Waals surface area contributed by atoms with Gasteiger partial charge in [0, 0.05) is 16.5 Å². The fourth-order valence-corrected chi connectivity index (χ4v) is 1.63. The van der Waals surface area contributed by atoms with E-state index in [1.54, 1.807) is 0 Å². The minimum Gasteiger partial charge on any atom is -0.357 e. The van der Waals surface area contributed by atoms with Crippen LogP contribution in [0.3, 0.4) is 0 Å². The third-order valence-corrected chi connectivity index (χ3v) is 2.94. The molecule has 0 bridgehead atoms. The first-order chi connectivity index (χ1) is 6.31. The predicted molar refractivity (Wildman–Crippen MR) is 60.3 cm³/mol. The predicted octanol–water partition coefficient (Wildman–Crippen LogP) is 3.55. The van der Waals surface area contributed by atoms with Crippen molar-refractivity contribution in [3.63, 3.8) is 0 Å². The van der Waals surface area contributed by atoms with Crippen LogP contribution < -0.4 is 0 Å². The second-order valence-electron chi connectivity index (χ2n) is 3.24. The summed E-state index contributed by atoms with van der Waals surface area (Å²) in [6.45, 7) is 2.14. The molecule has 1 unspecified atom stereocenters. The summed E-state index contributed by atoms with van der Waals surface area (Å²) in [6, 6.07) is 10.5. The average Bonchev–Trinajstić information content (AvgIpc) is 2.59. The molecule has 1 nitrogen and oxygen atoms in total. The summed E-state index contributed by atoms with van der Waals surface area (Å²) in [7, 11) is 0. The molecule has 0 aliphatic carbocycles. The van der Waals surface area contributed by atoms with Crippen molar-refractivity contribution in [3.05, 3.63) is 36.0 Å². The molecule has 2 rings (SSSR count). The number of thiol groups is 1. The van der Waals surface area contributed by atoms with Crippen molar-refractivity contribution in [1.29, 1.82) is 0 Å². The van der Waals surface area contributed by atoms with E-state index < -0.39 is 0 Å². The highest BCUT2D eigenvalue weighted by Crippen LogP contribution is 2.25. The van der Waals surface area contributed by atoms with Crippen LogP contribution >= 0.6 is 12.6 Å². The molecule has 1 aromatic heterocycles. The monoisotopic (exact) mass is 191 g/mol. The molecule has 68 valence electrons.